The summed E-state index contributed by atoms with van der Waals surface area (Å²) in [5.74, 6) is 2.65. The number of nitrogens with one attached hydrogen (secondary N) is 1. The second-order valence-corrected chi connectivity index (χ2v) is 2.74. The molecule has 0 atom stereocenters. The molecule has 0 saturated carbocycles. The van der Waals surface area contributed by atoms with Gasteiger partial charge >= 0.3 is 0 Å². The van der Waals surface area contributed by atoms with Crippen LogP contribution in [0.4, 0.5) is 0 Å². The van der Waals surface area contributed by atoms with E-state index in [9.17, 15) is 0 Å². The first-order chi connectivity index (χ1) is 5.92. The molecule has 1 heterocycles. The largest absolute Gasteiger partial charge is 0.361 e. The summed E-state index contributed by atoms with van der Waals surface area (Å²) in [6.45, 7) is 0. The lowest BCUT2D eigenvalue weighted by Crippen LogP contribution is -1.81. The smallest absolute Gasteiger partial charge is 0.0457 e. The van der Waals surface area contributed by atoms with E-state index in [4.69, 9.17) is 6.42 Å². The molecule has 2 rings (SSSR count). The van der Waals surface area contributed by atoms with E-state index < -0.39 is 0 Å². The van der Waals surface area contributed by atoms with Crippen molar-refractivity contribution in [2.45, 2.75) is 6.42 Å². The second-order valence-electron chi connectivity index (χ2n) is 2.74. The Morgan fingerprint density at radius 3 is 3.08 bits per heavy atom. The highest BCUT2D eigenvalue weighted by molar-refractivity contribution is 5.83. The maximum Gasteiger partial charge on any atom is 0.0457 e. The van der Waals surface area contributed by atoms with Crippen molar-refractivity contribution in [2.75, 3.05) is 0 Å². The van der Waals surface area contributed by atoms with Crippen molar-refractivity contribution in [2.24, 2.45) is 0 Å². The van der Waals surface area contributed by atoms with Gasteiger partial charge in [0.25, 0.3) is 0 Å². The number of H-pyrrole nitrogens is 1. The van der Waals surface area contributed by atoms with Crippen LogP contribution < -0.4 is 0 Å². The molecule has 1 aromatic carbocycles. The van der Waals surface area contributed by atoms with Gasteiger partial charge in [0, 0.05) is 23.5 Å². The van der Waals surface area contributed by atoms with Crippen molar-refractivity contribution in [1.29, 1.82) is 0 Å². The van der Waals surface area contributed by atoms with E-state index >= 15 is 0 Å². The fourth-order valence-electron chi connectivity index (χ4n) is 1.41. The van der Waals surface area contributed by atoms with Crippen molar-refractivity contribution < 1.29 is 0 Å². The zero-order chi connectivity index (χ0) is 8.39. The average molecular weight is 155 g/mol. The molecule has 1 aromatic heterocycles. The third kappa shape index (κ3) is 0.981. The Morgan fingerprint density at radius 1 is 1.33 bits per heavy atom. The fraction of sp³-hybridized carbons (Fsp3) is 0.0909. The van der Waals surface area contributed by atoms with Crippen molar-refractivity contribution in [3.8, 4) is 12.3 Å². The van der Waals surface area contributed by atoms with E-state index in [1.165, 1.54) is 10.9 Å². The highest BCUT2D eigenvalue weighted by Crippen LogP contribution is 2.17. The number of benzene rings is 1. The summed E-state index contributed by atoms with van der Waals surface area (Å²) in [4.78, 5) is 3.15. The van der Waals surface area contributed by atoms with Gasteiger partial charge in [-0.2, -0.15) is 0 Å². The molecule has 1 heteroatoms. The van der Waals surface area contributed by atoms with E-state index in [1.54, 1.807) is 0 Å². The number of hydrogen-bond acceptors (Lipinski definition) is 0. The summed E-state index contributed by atoms with van der Waals surface area (Å²) < 4.78 is 0. The van der Waals surface area contributed by atoms with E-state index in [-0.39, 0.29) is 0 Å². The normalized spacial score (nSPS) is 9.92. The van der Waals surface area contributed by atoms with Crippen molar-refractivity contribution in [1.82, 2.24) is 4.98 Å². The number of aromatic amines is 1. The van der Waals surface area contributed by atoms with Crippen molar-refractivity contribution in [3.05, 3.63) is 36.0 Å². The maximum absolute atomic E-state index is 5.26. The molecule has 0 aliphatic rings. The second kappa shape index (κ2) is 2.75. The van der Waals surface area contributed by atoms with Crippen molar-refractivity contribution in [3.63, 3.8) is 0 Å². The number of rotatable bonds is 1. The van der Waals surface area contributed by atoms with Gasteiger partial charge in [0.1, 0.15) is 0 Å². The van der Waals surface area contributed by atoms with Gasteiger partial charge in [0.15, 0.2) is 0 Å². The van der Waals surface area contributed by atoms with E-state index in [1.807, 2.05) is 12.3 Å². The quantitative estimate of drug-likeness (QED) is 0.608. The molecule has 0 spiro atoms. The predicted molar refractivity (Wildman–Crippen MR) is 50.8 cm³/mol. The van der Waals surface area contributed by atoms with Crippen LogP contribution in [-0.4, -0.2) is 4.98 Å². The molecule has 0 aliphatic carbocycles. The predicted octanol–water partition coefficient (Wildman–Crippen LogP) is 2.34. The summed E-state index contributed by atoms with van der Waals surface area (Å²) in [7, 11) is 0. The van der Waals surface area contributed by atoms with Gasteiger partial charge in [-0.1, -0.05) is 12.1 Å². The molecule has 0 amide bonds. The van der Waals surface area contributed by atoms with Gasteiger partial charge in [-0.3, -0.25) is 0 Å². The summed E-state index contributed by atoms with van der Waals surface area (Å²) >= 11 is 0. The minimum absolute atomic E-state index is 0.704. The standard InChI is InChI=1S/C11H9N/c1-2-4-9-5-3-6-11-10(9)7-8-12-11/h1,3,5-8,12H,4H2. The van der Waals surface area contributed by atoms with Gasteiger partial charge in [0.2, 0.25) is 0 Å². The topological polar surface area (TPSA) is 15.8 Å². The maximum atomic E-state index is 5.26. The Bertz CT molecular complexity index is 431. The van der Waals surface area contributed by atoms with Crippen LogP contribution in [0.1, 0.15) is 5.56 Å². The molecule has 0 aliphatic heterocycles. The van der Waals surface area contributed by atoms with E-state index in [0.717, 1.165) is 5.52 Å². The lowest BCUT2D eigenvalue weighted by Gasteiger charge is -1.96. The van der Waals surface area contributed by atoms with Crippen LogP contribution >= 0.6 is 0 Å². The first-order valence-corrected chi connectivity index (χ1v) is 3.90. The molecule has 2 aromatic rings. The van der Waals surface area contributed by atoms with Gasteiger partial charge in [-0.15, -0.1) is 12.3 Å². The molecule has 0 bridgehead atoms. The number of hydrogen-bond donors (Lipinski definition) is 1. The van der Waals surface area contributed by atoms with Crippen LogP contribution in [0.2, 0.25) is 0 Å². The average Bonchev–Trinajstić information content (AvgIpc) is 2.53. The molecule has 0 radical (unpaired) electrons. The first kappa shape index (κ1) is 7.00. The SMILES string of the molecule is C#CCc1cccc2[nH]ccc12. The molecule has 0 saturated heterocycles. The number of aromatic nitrogens is 1. The van der Waals surface area contributed by atoms with Gasteiger partial charge in [0.05, 0.1) is 0 Å². The number of fused-ring (bicyclic) bond motifs is 1. The van der Waals surface area contributed by atoms with Crippen LogP contribution in [0.25, 0.3) is 10.9 Å². The zero-order valence-electron chi connectivity index (χ0n) is 6.67. The Balaban J connectivity index is 2.67. The molecular weight excluding hydrogens is 146 g/mol. The van der Waals surface area contributed by atoms with Crippen LogP contribution in [0.3, 0.4) is 0 Å². The molecular formula is C11H9N. The lowest BCUT2D eigenvalue weighted by atomic mass is 10.1. The monoisotopic (exact) mass is 155 g/mol. The van der Waals surface area contributed by atoms with Gasteiger partial charge in [-0.05, 0) is 17.7 Å². The van der Waals surface area contributed by atoms with Gasteiger partial charge < -0.3 is 4.98 Å². The number of terminal acetylenes is 1. The molecule has 0 fully saturated rings. The van der Waals surface area contributed by atoms with Crippen LogP contribution in [0, 0.1) is 12.3 Å². The highest BCUT2D eigenvalue weighted by atomic mass is 14.7. The third-order valence-electron chi connectivity index (χ3n) is 1.98. The minimum Gasteiger partial charge on any atom is -0.361 e. The molecule has 0 unspecified atom stereocenters. The summed E-state index contributed by atoms with van der Waals surface area (Å²) in [6, 6.07) is 8.19. The van der Waals surface area contributed by atoms with Crippen molar-refractivity contribution >= 4 is 10.9 Å². The van der Waals surface area contributed by atoms with Crippen LogP contribution in [-0.2, 0) is 6.42 Å². The Kier molecular flexibility index (Phi) is 1.60. The zero-order valence-corrected chi connectivity index (χ0v) is 6.67. The Hall–Kier alpha value is -1.68. The minimum atomic E-state index is 0.704. The van der Waals surface area contributed by atoms with Gasteiger partial charge in [-0.25, -0.2) is 0 Å². The molecule has 1 nitrogen and oxygen atoms in total. The van der Waals surface area contributed by atoms with E-state index in [2.05, 4.69) is 29.1 Å². The van der Waals surface area contributed by atoms with Crippen LogP contribution in [0.5, 0.6) is 0 Å². The highest BCUT2D eigenvalue weighted by Gasteiger charge is 1.98. The lowest BCUT2D eigenvalue weighted by molar-refractivity contribution is 1.36. The Morgan fingerprint density at radius 2 is 2.25 bits per heavy atom. The summed E-state index contributed by atoms with van der Waals surface area (Å²) in [6.07, 6.45) is 7.90. The first-order valence-electron chi connectivity index (χ1n) is 3.90. The van der Waals surface area contributed by atoms with Crippen LogP contribution in [0.15, 0.2) is 30.5 Å². The molecule has 1 N–H and O–H groups in total. The molecule has 12 heavy (non-hydrogen) atoms. The van der Waals surface area contributed by atoms with E-state index in [0.29, 0.717) is 6.42 Å². The summed E-state index contributed by atoms with van der Waals surface area (Å²) in [5.41, 5.74) is 2.37. The Labute approximate surface area is 71.4 Å². The summed E-state index contributed by atoms with van der Waals surface area (Å²) in [5, 5.41) is 1.23. The fourth-order valence-corrected chi connectivity index (χ4v) is 1.41. The molecule has 58 valence electrons. The third-order valence-corrected chi connectivity index (χ3v) is 1.98.